The highest BCUT2D eigenvalue weighted by Crippen LogP contribution is 2.32. The molecule has 0 unspecified atom stereocenters. The smallest absolute Gasteiger partial charge is 0.338 e. The van der Waals surface area contributed by atoms with Crippen LogP contribution in [0, 0.1) is 6.92 Å². The summed E-state index contributed by atoms with van der Waals surface area (Å²) in [5.41, 5.74) is 2.28. The Morgan fingerprint density at radius 3 is 2.44 bits per heavy atom. The predicted octanol–water partition coefficient (Wildman–Crippen LogP) is 2.41. The number of carbonyl (C=O) groups excluding carboxylic acids is 2. The van der Waals surface area contributed by atoms with Crippen LogP contribution in [0.2, 0.25) is 0 Å². The molecule has 0 spiro atoms. The van der Waals surface area contributed by atoms with Gasteiger partial charge in [-0.15, -0.1) is 0 Å². The van der Waals surface area contributed by atoms with Gasteiger partial charge in [-0.05, 0) is 49.6 Å². The highest BCUT2D eigenvalue weighted by molar-refractivity contribution is 7.89. The molecule has 182 valence electrons. The minimum Gasteiger partial charge on any atom is -0.452 e. The maximum Gasteiger partial charge on any atom is 0.338 e. The summed E-state index contributed by atoms with van der Waals surface area (Å²) in [4.78, 5) is 27.2. The van der Waals surface area contributed by atoms with Gasteiger partial charge in [-0.1, -0.05) is 18.2 Å². The Balaban J connectivity index is 1.52. The van der Waals surface area contributed by atoms with Crippen LogP contribution in [0.25, 0.3) is 0 Å². The Kier molecular flexibility index (Phi) is 7.50. The van der Waals surface area contributed by atoms with Gasteiger partial charge in [0.1, 0.15) is 0 Å². The first-order valence-corrected chi connectivity index (χ1v) is 12.8. The van der Waals surface area contributed by atoms with Crippen LogP contribution in [0.1, 0.15) is 28.8 Å². The summed E-state index contributed by atoms with van der Waals surface area (Å²) in [6.45, 7) is 4.22. The van der Waals surface area contributed by atoms with Crippen LogP contribution in [-0.4, -0.2) is 70.6 Å². The molecule has 0 radical (unpaired) electrons. The topological polar surface area (TPSA) is 105 Å². The van der Waals surface area contributed by atoms with Crippen molar-refractivity contribution < 1.29 is 27.5 Å². The molecule has 34 heavy (non-hydrogen) atoms. The molecule has 2 aliphatic heterocycles. The number of hydrogen-bond acceptors (Lipinski definition) is 7. The number of rotatable bonds is 7. The number of nitrogens with zero attached hydrogens (tertiary/aromatic N) is 2. The van der Waals surface area contributed by atoms with E-state index in [1.807, 2.05) is 6.07 Å². The van der Waals surface area contributed by atoms with E-state index in [1.165, 1.54) is 10.4 Å². The van der Waals surface area contributed by atoms with E-state index in [-0.39, 0.29) is 18.0 Å². The maximum absolute atomic E-state index is 13.1. The van der Waals surface area contributed by atoms with Gasteiger partial charge in [0.2, 0.25) is 10.0 Å². The molecule has 0 bridgehead atoms. The lowest BCUT2D eigenvalue weighted by atomic mass is 10.1. The molecule has 2 aromatic rings. The third kappa shape index (κ3) is 5.40. The summed E-state index contributed by atoms with van der Waals surface area (Å²) in [5.74, 6) is -1.13. The summed E-state index contributed by atoms with van der Waals surface area (Å²) >= 11 is 0. The largest absolute Gasteiger partial charge is 0.452 e. The summed E-state index contributed by atoms with van der Waals surface area (Å²) in [6.07, 6.45) is 2.05. The molecule has 0 saturated carbocycles. The molecule has 2 aliphatic rings. The van der Waals surface area contributed by atoms with Gasteiger partial charge < -0.3 is 19.7 Å². The van der Waals surface area contributed by atoms with Crippen LogP contribution in [0.3, 0.4) is 0 Å². The third-order valence-corrected chi connectivity index (χ3v) is 7.89. The zero-order valence-electron chi connectivity index (χ0n) is 19.2. The average molecular weight is 488 g/mol. The van der Waals surface area contributed by atoms with Crippen molar-refractivity contribution in [2.24, 2.45) is 0 Å². The Morgan fingerprint density at radius 1 is 1.03 bits per heavy atom. The summed E-state index contributed by atoms with van der Waals surface area (Å²) in [6, 6.07) is 11.8. The molecular weight excluding hydrogens is 458 g/mol. The zero-order valence-corrected chi connectivity index (χ0v) is 20.0. The van der Waals surface area contributed by atoms with E-state index in [9.17, 15) is 18.0 Å². The minimum absolute atomic E-state index is 0.101. The zero-order chi connectivity index (χ0) is 24.1. The quantitative estimate of drug-likeness (QED) is 0.598. The predicted molar refractivity (Wildman–Crippen MR) is 128 cm³/mol. The molecule has 0 atom stereocenters. The molecule has 10 heteroatoms. The fraction of sp³-hybridized carbons (Fsp3) is 0.417. The number of ether oxygens (including phenoxy) is 2. The highest BCUT2D eigenvalue weighted by atomic mass is 32.2. The van der Waals surface area contributed by atoms with E-state index in [0.717, 1.165) is 37.2 Å². The van der Waals surface area contributed by atoms with Gasteiger partial charge in [0.15, 0.2) is 6.61 Å². The lowest BCUT2D eigenvalue weighted by Gasteiger charge is -2.27. The lowest BCUT2D eigenvalue weighted by Crippen LogP contribution is -2.40. The Bertz CT molecular complexity index is 1160. The molecular formula is C24H29N3O6S. The molecule has 1 N–H and O–H groups in total. The second-order valence-electron chi connectivity index (χ2n) is 8.33. The van der Waals surface area contributed by atoms with Gasteiger partial charge >= 0.3 is 5.97 Å². The molecule has 4 rings (SSSR count). The van der Waals surface area contributed by atoms with E-state index in [4.69, 9.17) is 9.47 Å². The second-order valence-corrected chi connectivity index (χ2v) is 10.3. The van der Waals surface area contributed by atoms with Crippen LogP contribution in [0.15, 0.2) is 47.4 Å². The van der Waals surface area contributed by atoms with Crippen LogP contribution < -0.4 is 10.2 Å². The van der Waals surface area contributed by atoms with Crippen LogP contribution in [-0.2, 0) is 24.3 Å². The molecule has 2 aromatic carbocycles. The van der Waals surface area contributed by atoms with E-state index in [1.54, 1.807) is 37.3 Å². The molecule has 2 saturated heterocycles. The van der Waals surface area contributed by atoms with Crippen LogP contribution in [0.4, 0.5) is 11.4 Å². The minimum atomic E-state index is -3.73. The second kappa shape index (κ2) is 10.5. The number of morpholine rings is 1. The van der Waals surface area contributed by atoms with Crippen molar-refractivity contribution in [2.45, 2.75) is 24.7 Å². The van der Waals surface area contributed by atoms with Crippen molar-refractivity contribution in [2.75, 3.05) is 56.2 Å². The number of sulfonamides is 1. The Morgan fingerprint density at radius 2 is 1.74 bits per heavy atom. The standard InChI is InChI=1S/C24H29N3O6S/c1-18-6-2-3-7-20(18)24(29)33-17-23(28)25-21-16-19(8-9-22(21)26-10-4-5-11-26)34(30,31)27-12-14-32-15-13-27/h2-3,6-9,16H,4-5,10-15,17H2,1H3,(H,25,28). The Labute approximate surface area is 199 Å². The molecule has 1 amide bonds. The van der Waals surface area contributed by atoms with Crippen molar-refractivity contribution in [3.63, 3.8) is 0 Å². The summed E-state index contributed by atoms with van der Waals surface area (Å²) < 4.78 is 38.1. The molecule has 2 fully saturated rings. The fourth-order valence-corrected chi connectivity index (χ4v) is 5.58. The van der Waals surface area contributed by atoms with Gasteiger partial charge in [-0.2, -0.15) is 4.31 Å². The monoisotopic (exact) mass is 487 g/mol. The van der Waals surface area contributed by atoms with Gasteiger partial charge in [-0.3, -0.25) is 4.79 Å². The van der Waals surface area contributed by atoms with E-state index < -0.39 is 28.5 Å². The highest BCUT2D eigenvalue weighted by Gasteiger charge is 2.28. The fourth-order valence-electron chi connectivity index (χ4n) is 4.14. The summed E-state index contributed by atoms with van der Waals surface area (Å²) in [5, 5.41) is 2.76. The Hall–Kier alpha value is -2.95. The van der Waals surface area contributed by atoms with Crippen molar-refractivity contribution in [1.82, 2.24) is 4.31 Å². The van der Waals surface area contributed by atoms with Crippen LogP contribution in [0.5, 0.6) is 0 Å². The molecule has 2 heterocycles. The van der Waals surface area contributed by atoms with E-state index >= 15 is 0 Å². The number of anilines is 2. The van der Waals surface area contributed by atoms with Crippen LogP contribution >= 0.6 is 0 Å². The molecule has 0 aliphatic carbocycles. The van der Waals surface area contributed by atoms with Gasteiger partial charge in [0.25, 0.3) is 5.91 Å². The van der Waals surface area contributed by atoms with Crippen molar-refractivity contribution in [3.05, 3.63) is 53.6 Å². The van der Waals surface area contributed by atoms with Gasteiger partial charge in [0, 0.05) is 26.2 Å². The summed E-state index contributed by atoms with van der Waals surface area (Å²) in [7, 11) is -3.73. The first-order valence-electron chi connectivity index (χ1n) is 11.4. The van der Waals surface area contributed by atoms with Gasteiger partial charge in [-0.25, -0.2) is 13.2 Å². The number of esters is 1. The third-order valence-electron chi connectivity index (χ3n) is 6.00. The lowest BCUT2D eigenvalue weighted by molar-refractivity contribution is -0.119. The van der Waals surface area contributed by atoms with Crippen molar-refractivity contribution in [3.8, 4) is 0 Å². The number of aryl methyl sites for hydroxylation is 1. The average Bonchev–Trinajstić information content (AvgIpc) is 3.38. The molecule has 9 nitrogen and oxygen atoms in total. The van der Waals surface area contributed by atoms with Crippen molar-refractivity contribution in [1.29, 1.82) is 0 Å². The maximum atomic E-state index is 13.1. The normalized spacial score (nSPS) is 16.9. The van der Waals surface area contributed by atoms with Gasteiger partial charge in [0.05, 0.1) is 35.0 Å². The SMILES string of the molecule is Cc1ccccc1C(=O)OCC(=O)Nc1cc(S(=O)(=O)N2CCOCC2)ccc1N1CCCC1. The first-order chi connectivity index (χ1) is 16.4. The van der Waals surface area contributed by atoms with E-state index in [0.29, 0.717) is 24.5 Å². The number of hydrogen-bond donors (Lipinski definition) is 1. The first kappa shape index (κ1) is 24.2. The number of benzene rings is 2. The molecule has 0 aromatic heterocycles. The van der Waals surface area contributed by atoms with Crippen molar-refractivity contribution >= 4 is 33.3 Å². The number of carbonyl (C=O) groups is 2. The number of amides is 1. The number of nitrogens with one attached hydrogen (secondary N) is 1. The van der Waals surface area contributed by atoms with E-state index in [2.05, 4.69) is 10.2 Å².